The van der Waals surface area contributed by atoms with Crippen LogP contribution in [0.25, 0.3) is 0 Å². The molecule has 2 rings (SSSR count). The fraction of sp³-hybridized carbons (Fsp3) is 0.500. The van der Waals surface area contributed by atoms with Crippen LogP contribution in [0, 0.1) is 0 Å². The van der Waals surface area contributed by atoms with E-state index in [1.807, 2.05) is 4.90 Å². The van der Waals surface area contributed by atoms with Gasteiger partial charge in [0.2, 0.25) is 0 Å². The first-order chi connectivity index (χ1) is 6.36. The van der Waals surface area contributed by atoms with Crippen molar-refractivity contribution >= 4 is 5.82 Å². The molecule has 1 aliphatic rings. The zero-order chi connectivity index (χ0) is 9.10. The Labute approximate surface area is 75.4 Å². The zero-order valence-corrected chi connectivity index (χ0v) is 7.19. The number of aromatic amines is 1. The zero-order valence-electron chi connectivity index (χ0n) is 7.19. The van der Waals surface area contributed by atoms with Gasteiger partial charge in [-0.05, 0) is 0 Å². The summed E-state index contributed by atoms with van der Waals surface area (Å²) >= 11 is 0. The van der Waals surface area contributed by atoms with Crippen LogP contribution in [0.3, 0.4) is 0 Å². The molecule has 5 nitrogen and oxygen atoms in total. The monoisotopic (exact) mass is 181 g/mol. The highest BCUT2D eigenvalue weighted by Gasteiger charge is 2.11. The SMILES string of the molecule is O=c1cc(N2CCOCC2)nc[nH]1. The van der Waals surface area contributed by atoms with Crippen molar-refractivity contribution < 1.29 is 4.74 Å². The molecule has 0 unspecified atom stereocenters. The molecule has 0 saturated carbocycles. The van der Waals surface area contributed by atoms with Crippen LogP contribution in [0.15, 0.2) is 17.2 Å². The molecule has 1 fully saturated rings. The maximum atomic E-state index is 11.0. The molecule has 1 aromatic rings. The average molecular weight is 181 g/mol. The summed E-state index contributed by atoms with van der Waals surface area (Å²) in [6.45, 7) is 3.01. The lowest BCUT2D eigenvalue weighted by Crippen LogP contribution is -2.37. The lowest BCUT2D eigenvalue weighted by molar-refractivity contribution is 0.122. The van der Waals surface area contributed by atoms with Gasteiger partial charge in [-0.3, -0.25) is 4.79 Å². The molecule has 1 aromatic heterocycles. The van der Waals surface area contributed by atoms with Crippen molar-refractivity contribution in [2.45, 2.75) is 0 Å². The Bertz CT molecular complexity index is 330. The summed E-state index contributed by atoms with van der Waals surface area (Å²) < 4.78 is 5.20. The van der Waals surface area contributed by atoms with Gasteiger partial charge in [-0.1, -0.05) is 0 Å². The Morgan fingerprint density at radius 2 is 2.23 bits per heavy atom. The number of ether oxygens (including phenoxy) is 1. The molecule has 1 aliphatic heterocycles. The van der Waals surface area contributed by atoms with Crippen LogP contribution in [-0.2, 0) is 4.74 Å². The van der Waals surface area contributed by atoms with Gasteiger partial charge >= 0.3 is 0 Å². The number of anilines is 1. The number of nitrogens with zero attached hydrogens (tertiary/aromatic N) is 2. The molecule has 13 heavy (non-hydrogen) atoms. The van der Waals surface area contributed by atoms with Crippen LogP contribution < -0.4 is 10.5 Å². The van der Waals surface area contributed by atoms with E-state index in [4.69, 9.17) is 4.74 Å². The van der Waals surface area contributed by atoms with E-state index in [9.17, 15) is 4.79 Å². The second-order valence-electron chi connectivity index (χ2n) is 2.87. The molecule has 2 heterocycles. The van der Waals surface area contributed by atoms with Crippen LogP contribution >= 0.6 is 0 Å². The topological polar surface area (TPSA) is 58.2 Å². The first kappa shape index (κ1) is 8.25. The molecule has 0 aromatic carbocycles. The van der Waals surface area contributed by atoms with E-state index in [1.165, 1.54) is 12.4 Å². The maximum absolute atomic E-state index is 11.0. The Morgan fingerprint density at radius 3 is 2.92 bits per heavy atom. The van der Waals surface area contributed by atoms with Crippen molar-refractivity contribution in [2.24, 2.45) is 0 Å². The van der Waals surface area contributed by atoms with Crippen molar-refractivity contribution in [1.82, 2.24) is 9.97 Å². The Hall–Kier alpha value is -1.36. The highest BCUT2D eigenvalue weighted by molar-refractivity contribution is 5.36. The molecule has 0 bridgehead atoms. The number of aromatic nitrogens is 2. The van der Waals surface area contributed by atoms with Gasteiger partial charge in [0.05, 0.1) is 19.5 Å². The van der Waals surface area contributed by atoms with Gasteiger partial charge in [-0.15, -0.1) is 0 Å². The van der Waals surface area contributed by atoms with Crippen LogP contribution in [0.2, 0.25) is 0 Å². The Kier molecular flexibility index (Phi) is 2.27. The molecule has 0 atom stereocenters. The highest BCUT2D eigenvalue weighted by Crippen LogP contribution is 2.07. The van der Waals surface area contributed by atoms with Crippen molar-refractivity contribution in [3.05, 3.63) is 22.7 Å². The lowest BCUT2D eigenvalue weighted by Gasteiger charge is -2.27. The van der Waals surface area contributed by atoms with Crippen LogP contribution in [-0.4, -0.2) is 36.3 Å². The first-order valence-electron chi connectivity index (χ1n) is 4.24. The minimum absolute atomic E-state index is 0.114. The van der Waals surface area contributed by atoms with Crippen LogP contribution in [0.4, 0.5) is 5.82 Å². The molecule has 0 amide bonds. The van der Waals surface area contributed by atoms with E-state index >= 15 is 0 Å². The molecule has 0 aliphatic carbocycles. The van der Waals surface area contributed by atoms with Crippen molar-refractivity contribution in [1.29, 1.82) is 0 Å². The molecule has 1 saturated heterocycles. The minimum Gasteiger partial charge on any atom is -0.378 e. The van der Waals surface area contributed by atoms with Crippen LogP contribution in [0.5, 0.6) is 0 Å². The molecular formula is C8H11N3O2. The van der Waals surface area contributed by atoms with Gasteiger partial charge in [0, 0.05) is 19.2 Å². The predicted octanol–water partition coefficient (Wildman–Crippen LogP) is -0.394. The van der Waals surface area contributed by atoms with Gasteiger partial charge in [-0.2, -0.15) is 0 Å². The second kappa shape index (κ2) is 3.57. The van der Waals surface area contributed by atoms with Crippen molar-refractivity contribution in [3.63, 3.8) is 0 Å². The molecule has 70 valence electrons. The van der Waals surface area contributed by atoms with E-state index in [2.05, 4.69) is 9.97 Å². The number of hydrogen-bond donors (Lipinski definition) is 1. The summed E-state index contributed by atoms with van der Waals surface area (Å²) in [5, 5.41) is 0. The first-order valence-corrected chi connectivity index (χ1v) is 4.24. The summed E-state index contributed by atoms with van der Waals surface area (Å²) in [6.07, 6.45) is 1.42. The van der Waals surface area contributed by atoms with E-state index in [1.54, 1.807) is 0 Å². The lowest BCUT2D eigenvalue weighted by atomic mass is 10.4. The third kappa shape index (κ3) is 1.86. The van der Waals surface area contributed by atoms with E-state index in [0.717, 1.165) is 18.9 Å². The van der Waals surface area contributed by atoms with Crippen LogP contribution in [0.1, 0.15) is 0 Å². The van der Waals surface area contributed by atoms with Gasteiger partial charge in [0.1, 0.15) is 5.82 Å². The van der Waals surface area contributed by atoms with Gasteiger partial charge < -0.3 is 14.6 Å². The maximum Gasteiger partial charge on any atom is 0.252 e. The number of hydrogen-bond acceptors (Lipinski definition) is 4. The summed E-state index contributed by atoms with van der Waals surface area (Å²) in [5.74, 6) is 0.729. The molecule has 5 heteroatoms. The van der Waals surface area contributed by atoms with Gasteiger partial charge in [-0.25, -0.2) is 4.98 Å². The normalized spacial score (nSPS) is 17.4. The van der Waals surface area contributed by atoms with E-state index in [0.29, 0.717) is 13.2 Å². The Morgan fingerprint density at radius 1 is 1.46 bits per heavy atom. The fourth-order valence-electron chi connectivity index (χ4n) is 1.32. The summed E-state index contributed by atoms with van der Waals surface area (Å²) in [6, 6.07) is 1.51. The summed E-state index contributed by atoms with van der Waals surface area (Å²) in [5.41, 5.74) is -0.114. The van der Waals surface area contributed by atoms with Crippen molar-refractivity contribution in [2.75, 3.05) is 31.2 Å². The van der Waals surface area contributed by atoms with Gasteiger partial charge in [0.15, 0.2) is 0 Å². The highest BCUT2D eigenvalue weighted by atomic mass is 16.5. The Balaban J connectivity index is 2.19. The summed E-state index contributed by atoms with van der Waals surface area (Å²) in [7, 11) is 0. The predicted molar refractivity (Wildman–Crippen MR) is 47.9 cm³/mol. The molecule has 0 spiro atoms. The molecular weight excluding hydrogens is 170 g/mol. The fourth-order valence-corrected chi connectivity index (χ4v) is 1.32. The smallest absolute Gasteiger partial charge is 0.252 e. The quantitative estimate of drug-likeness (QED) is 0.640. The number of rotatable bonds is 1. The number of nitrogens with one attached hydrogen (secondary N) is 1. The molecule has 1 N–H and O–H groups in total. The largest absolute Gasteiger partial charge is 0.378 e. The second-order valence-corrected chi connectivity index (χ2v) is 2.87. The average Bonchev–Trinajstić information content (AvgIpc) is 2.19. The minimum atomic E-state index is -0.114. The third-order valence-electron chi connectivity index (χ3n) is 2.00. The molecule has 0 radical (unpaired) electrons. The number of H-pyrrole nitrogens is 1. The van der Waals surface area contributed by atoms with Gasteiger partial charge in [0.25, 0.3) is 5.56 Å². The third-order valence-corrected chi connectivity index (χ3v) is 2.00. The number of morpholine rings is 1. The standard InChI is InChI=1S/C8H11N3O2/c12-8-5-7(9-6-10-8)11-1-3-13-4-2-11/h5-6H,1-4H2,(H,9,10,12). The van der Waals surface area contributed by atoms with E-state index in [-0.39, 0.29) is 5.56 Å². The summed E-state index contributed by atoms with van der Waals surface area (Å²) in [4.78, 5) is 19.6. The van der Waals surface area contributed by atoms with E-state index < -0.39 is 0 Å². The van der Waals surface area contributed by atoms with Crippen molar-refractivity contribution in [3.8, 4) is 0 Å².